The standard InChI is InChI=1S/C15H14BrFN2O/c1-8-6-7-12(18)14(9(8)2)19-15(20)13-10(16)4-3-5-11(13)17/h3-7H,18H2,1-2H3,(H,19,20). The highest BCUT2D eigenvalue weighted by Crippen LogP contribution is 2.28. The van der Waals surface area contributed by atoms with Crippen molar-refractivity contribution in [2.24, 2.45) is 0 Å². The number of amides is 1. The van der Waals surface area contributed by atoms with Crippen LogP contribution in [0.4, 0.5) is 15.8 Å². The topological polar surface area (TPSA) is 55.1 Å². The maximum absolute atomic E-state index is 13.8. The second-order valence-corrected chi connectivity index (χ2v) is 5.38. The second kappa shape index (κ2) is 5.63. The van der Waals surface area contributed by atoms with E-state index in [0.717, 1.165) is 11.1 Å². The molecular formula is C15H14BrFN2O. The SMILES string of the molecule is Cc1ccc(N)c(NC(=O)c2c(F)cccc2Br)c1C. The zero-order chi connectivity index (χ0) is 14.9. The molecule has 2 aromatic rings. The molecule has 3 N–H and O–H groups in total. The van der Waals surface area contributed by atoms with Gasteiger partial charge in [-0.05, 0) is 59.1 Å². The average Bonchev–Trinajstić information content (AvgIpc) is 2.39. The van der Waals surface area contributed by atoms with Crippen LogP contribution in [0.3, 0.4) is 0 Å². The molecule has 2 aromatic carbocycles. The Hall–Kier alpha value is -1.88. The van der Waals surface area contributed by atoms with Crippen molar-refractivity contribution in [2.45, 2.75) is 13.8 Å². The van der Waals surface area contributed by atoms with Gasteiger partial charge in [0.25, 0.3) is 5.91 Å². The number of carbonyl (C=O) groups excluding carboxylic acids is 1. The number of nitrogens with one attached hydrogen (secondary N) is 1. The van der Waals surface area contributed by atoms with Crippen molar-refractivity contribution in [3.63, 3.8) is 0 Å². The molecule has 0 fully saturated rings. The molecule has 0 aliphatic rings. The minimum Gasteiger partial charge on any atom is -0.397 e. The van der Waals surface area contributed by atoms with E-state index in [1.54, 1.807) is 12.1 Å². The van der Waals surface area contributed by atoms with Gasteiger partial charge in [-0.3, -0.25) is 4.79 Å². The summed E-state index contributed by atoms with van der Waals surface area (Å²) >= 11 is 3.18. The van der Waals surface area contributed by atoms with Crippen molar-refractivity contribution >= 4 is 33.2 Å². The number of carbonyl (C=O) groups is 1. The second-order valence-electron chi connectivity index (χ2n) is 4.52. The van der Waals surface area contributed by atoms with Crippen LogP contribution in [0.1, 0.15) is 21.5 Å². The van der Waals surface area contributed by atoms with Gasteiger partial charge in [-0.15, -0.1) is 0 Å². The highest BCUT2D eigenvalue weighted by molar-refractivity contribution is 9.10. The van der Waals surface area contributed by atoms with Gasteiger partial charge in [0.15, 0.2) is 0 Å². The van der Waals surface area contributed by atoms with Crippen LogP contribution in [0.25, 0.3) is 0 Å². The van der Waals surface area contributed by atoms with Crippen LogP contribution in [-0.2, 0) is 0 Å². The lowest BCUT2D eigenvalue weighted by atomic mass is 10.1. The molecule has 0 aliphatic carbocycles. The average molecular weight is 337 g/mol. The van der Waals surface area contributed by atoms with Crippen molar-refractivity contribution < 1.29 is 9.18 Å². The Bertz CT molecular complexity index is 666. The van der Waals surface area contributed by atoms with Gasteiger partial charge in [0.05, 0.1) is 16.9 Å². The van der Waals surface area contributed by atoms with Gasteiger partial charge in [0.2, 0.25) is 0 Å². The molecule has 0 spiro atoms. The Morgan fingerprint density at radius 3 is 2.60 bits per heavy atom. The van der Waals surface area contributed by atoms with Crippen LogP contribution in [-0.4, -0.2) is 5.91 Å². The first-order chi connectivity index (χ1) is 9.41. The highest BCUT2D eigenvalue weighted by atomic mass is 79.9. The van der Waals surface area contributed by atoms with E-state index in [9.17, 15) is 9.18 Å². The number of aryl methyl sites for hydroxylation is 1. The van der Waals surface area contributed by atoms with Crippen LogP contribution < -0.4 is 11.1 Å². The normalized spacial score (nSPS) is 10.4. The summed E-state index contributed by atoms with van der Waals surface area (Å²) in [5.41, 5.74) is 8.68. The van der Waals surface area contributed by atoms with E-state index in [2.05, 4.69) is 21.2 Å². The van der Waals surface area contributed by atoms with Gasteiger partial charge < -0.3 is 11.1 Å². The first-order valence-corrected chi connectivity index (χ1v) is 6.82. The zero-order valence-corrected chi connectivity index (χ0v) is 12.7. The Kier molecular flexibility index (Phi) is 4.09. The Labute approximate surface area is 125 Å². The summed E-state index contributed by atoms with van der Waals surface area (Å²) < 4.78 is 14.2. The number of rotatable bonds is 2. The summed E-state index contributed by atoms with van der Waals surface area (Å²) in [4.78, 5) is 12.2. The largest absolute Gasteiger partial charge is 0.397 e. The number of hydrogen-bond donors (Lipinski definition) is 2. The number of halogens is 2. The zero-order valence-electron chi connectivity index (χ0n) is 11.1. The summed E-state index contributed by atoms with van der Waals surface area (Å²) in [7, 11) is 0. The number of nitrogen functional groups attached to an aromatic ring is 1. The molecule has 0 atom stereocenters. The Morgan fingerprint density at radius 2 is 1.95 bits per heavy atom. The van der Waals surface area contributed by atoms with E-state index in [1.807, 2.05) is 19.9 Å². The molecule has 0 aliphatic heterocycles. The van der Waals surface area contributed by atoms with Crippen molar-refractivity contribution in [3.05, 3.63) is 57.3 Å². The number of hydrogen-bond acceptors (Lipinski definition) is 2. The lowest BCUT2D eigenvalue weighted by Gasteiger charge is -2.14. The molecule has 3 nitrogen and oxygen atoms in total. The molecule has 2 rings (SSSR count). The summed E-state index contributed by atoms with van der Waals surface area (Å²) in [6.07, 6.45) is 0. The third-order valence-electron chi connectivity index (χ3n) is 3.20. The van der Waals surface area contributed by atoms with Crippen molar-refractivity contribution in [1.82, 2.24) is 0 Å². The molecule has 0 heterocycles. The molecule has 0 aromatic heterocycles. The van der Waals surface area contributed by atoms with E-state index < -0.39 is 11.7 Å². The predicted octanol–water partition coefficient (Wildman–Crippen LogP) is 4.04. The van der Waals surface area contributed by atoms with E-state index in [4.69, 9.17) is 5.73 Å². The fourth-order valence-electron chi connectivity index (χ4n) is 1.89. The van der Waals surface area contributed by atoms with Crippen molar-refractivity contribution in [3.8, 4) is 0 Å². The fraction of sp³-hybridized carbons (Fsp3) is 0.133. The van der Waals surface area contributed by atoms with Gasteiger partial charge >= 0.3 is 0 Å². The molecule has 5 heteroatoms. The van der Waals surface area contributed by atoms with E-state index >= 15 is 0 Å². The van der Waals surface area contributed by atoms with Gasteiger partial charge in [-0.1, -0.05) is 12.1 Å². The monoisotopic (exact) mass is 336 g/mol. The van der Waals surface area contributed by atoms with Crippen LogP contribution in [0.5, 0.6) is 0 Å². The molecule has 0 saturated carbocycles. The summed E-state index contributed by atoms with van der Waals surface area (Å²) in [6.45, 7) is 3.78. The smallest absolute Gasteiger partial charge is 0.259 e. The van der Waals surface area contributed by atoms with Gasteiger partial charge in [0.1, 0.15) is 5.82 Å². The predicted molar refractivity (Wildman–Crippen MR) is 82.4 cm³/mol. The molecule has 104 valence electrons. The number of benzene rings is 2. The van der Waals surface area contributed by atoms with Gasteiger partial charge in [0, 0.05) is 4.47 Å². The lowest BCUT2D eigenvalue weighted by Crippen LogP contribution is -2.16. The van der Waals surface area contributed by atoms with Crippen molar-refractivity contribution in [1.29, 1.82) is 0 Å². The van der Waals surface area contributed by atoms with E-state index in [0.29, 0.717) is 15.8 Å². The lowest BCUT2D eigenvalue weighted by molar-refractivity contribution is 0.102. The van der Waals surface area contributed by atoms with Crippen LogP contribution >= 0.6 is 15.9 Å². The molecule has 1 amide bonds. The van der Waals surface area contributed by atoms with Crippen LogP contribution in [0.2, 0.25) is 0 Å². The van der Waals surface area contributed by atoms with Gasteiger partial charge in [-0.25, -0.2) is 4.39 Å². The summed E-state index contributed by atoms with van der Waals surface area (Å²) in [5.74, 6) is -1.11. The molecule has 20 heavy (non-hydrogen) atoms. The maximum atomic E-state index is 13.8. The minimum atomic E-state index is -0.583. The Morgan fingerprint density at radius 1 is 1.25 bits per heavy atom. The van der Waals surface area contributed by atoms with E-state index in [-0.39, 0.29) is 5.56 Å². The Balaban J connectivity index is 2.41. The van der Waals surface area contributed by atoms with Crippen LogP contribution in [0.15, 0.2) is 34.8 Å². The molecule has 0 radical (unpaired) electrons. The quantitative estimate of drug-likeness (QED) is 0.813. The van der Waals surface area contributed by atoms with E-state index in [1.165, 1.54) is 12.1 Å². The van der Waals surface area contributed by atoms with Crippen LogP contribution in [0, 0.1) is 19.7 Å². The van der Waals surface area contributed by atoms with Crippen molar-refractivity contribution in [2.75, 3.05) is 11.1 Å². The number of anilines is 2. The molecule has 0 bridgehead atoms. The highest BCUT2D eigenvalue weighted by Gasteiger charge is 2.17. The summed E-state index contributed by atoms with van der Waals surface area (Å²) in [5, 5.41) is 2.68. The first-order valence-electron chi connectivity index (χ1n) is 6.03. The number of nitrogens with two attached hydrogens (primary N) is 1. The summed E-state index contributed by atoms with van der Waals surface area (Å²) in [6, 6.07) is 7.98. The minimum absolute atomic E-state index is 0.0344. The van der Waals surface area contributed by atoms with Gasteiger partial charge in [-0.2, -0.15) is 0 Å². The first kappa shape index (κ1) is 14.5. The third kappa shape index (κ3) is 2.67. The fourth-order valence-corrected chi connectivity index (χ4v) is 2.42. The molecule has 0 saturated heterocycles. The molecular weight excluding hydrogens is 323 g/mol. The third-order valence-corrected chi connectivity index (χ3v) is 3.86. The molecule has 0 unspecified atom stereocenters. The maximum Gasteiger partial charge on any atom is 0.259 e.